The highest BCUT2D eigenvalue weighted by atomic mass is 16.5. The summed E-state index contributed by atoms with van der Waals surface area (Å²) in [6.45, 7) is 3.72. The van der Waals surface area contributed by atoms with Crippen molar-refractivity contribution in [3.8, 4) is 0 Å². The molecule has 1 fully saturated rings. The smallest absolute Gasteiger partial charge is 0.160 e. The predicted octanol–water partition coefficient (Wildman–Crippen LogP) is 1.39. The largest absolute Gasteiger partial charge is 0.378 e. The fourth-order valence-electron chi connectivity index (χ4n) is 2.43. The van der Waals surface area contributed by atoms with Crippen LogP contribution >= 0.6 is 0 Å². The van der Waals surface area contributed by atoms with E-state index >= 15 is 0 Å². The molecule has 0 aliphatic carbocycles. The van der Waals surface area contributed by atoms with Gasteiger partial charge in [0.1, 0.15) is 0 Å². The van der Waals surface area contributed by atoms with Crippen LogP contribution in [0.5, 0.6) is 0 Å². The Morgan fingerprint density at radius 3 is 3.28 bits per heavy atom. The molecule has 96 valence electrons. The summed E-state index contributed by atoms with van der Waals surface area (Å²) in [5, 5.41) is 11.9. The van der Waals surface area contributed by atoms with Crippen LogP contribution in [0, 0.1) is 0 Å². The maximum atomic E-state index is 5.54. The molecule has 0 spiro atoms. The van der Waals surface area contributed by atoms with E-state index in [-0.39, 0.29) is 0 Å². The Labute approximate surface area is 106 Å². The molecule has 18 heavy (non-hydrogen) atoms. The summed E-state index contributed by atoms with van der Waals surface area (Å²) in [6, 6.07) is 6.45. The molecule has 0 aromatic carbocycles. The molecule has 2 aromatic heterocycles. The molecule has 2 aromatic rings. The van der Waals surface area contributed by atoms with E-state index in [2.05, 4.69) is 22.4 Å². The van der Waals surface area contributed by atoms with Gasteiger partial charge < -0.3 is 10.1 Å². The zero-order valence-corrected chi connectivity index (χ0v) is 10.5. The molecule has 5 heteroatoms. The molecule has 0 amide bonds. The second-order valence-electron chi connectivity index (χ2n) is 4.83. The van der Waals surface area contributed by atoms with Crippen molar-refractivity contribution in [2.45, 2.75) is 38.5 Å². The zero-order valence-electron chi connectivity index (χ0n) is 10.5. The average Bonchev–Trinajstić information content (AvgIpc) is 2.80. The molecule has 2 atom stereocenters. The van der Waals surface area contributed by atoms with Crippen molar-refractivity contribution < 1.29 is 4.74 Å². The van der Waals surface area contributed by atoms with Crippen molar-refractivity contribution in [3.05, 3.63) is 30.2 Å². The van der Waals surface area contributed by atoms with Crippen LogP contribution in [0.15, 0.2) is 24.4 Å². The van der Waals surface area contributed by atoms with Gasteiger partial charge in [-0.2, -0.15) is 0 Å². The predicted molar refractivity (Wildman–Crippen MR) is 68.3 cm³/mol. The average molecular weight is 246 g/mol. The lowest BCUT2D eigenvalue weighted by Crippen LogP contribution is -2.37. The Balaban J connectivity index is 1.66. The van der Waals surface area contributed by atoms with Gasteiger partial charge in [-0.05, 0) is 31.9 Å². The molecule has 0 saturated carbocycles. The van der Waals surface area contributed by atoms with Gasteiger partial charge in [-0.15, -0.1) is 10.2 Å². The van der Waals surface area contributed by atoms with Crippen LogP contribution in [-0.4, -0.2) is 33.4 Å². The van der Waals surface area contributed by atoms with Crippen molar-refractivity contribution in [2.24, 2.45) is 0 Å². The van der Waals surface area contributed by atoms with Gasteiger partial charge in [0.2, 0.25) is 0 Å². The summed E-state index contributed by atoms with van der Waals surface area (Å²) in [5.41, 5.74) is 0.898. The van der Waals surface area contributed by atoms with E-state index in [4.69, 9.17) is 4.74 Å². The fraction of sp³-hybridized carbons (Fsp3) is 0.538. The van der Waals surface area contributed by atoms with E-state index in [1.54, 1.807) is 0 Å². The number of hydrogen-bond acceptors (Lipinski definition) is 4. The summed E-state index contributed by atoms with van der Waals surface area (Å²) < 4.78 is 7.57. The Kier molecular flexibility index (Phi) is 3.25. The third-order valence-electron chi connectivity index (χ3n) is 3.42. The number of aromatic nitrogens is 3. The first-order chi connectivity index (χ1) is 8.83. The highest BCUT2D eigenvalue weighted by Gasteiger charge is 2.19. The molecule has 3 rings (SSSR count). The number of rotatable bonds is 3. The minimum atomic E-state index is 0.353. The number of nitrogens with one attached hydrogen (secondary N) is 1. The van der Waals surface area contributed by atoms with Crippen LogP contribution in [0.3, 0.4) is 0 Å². The Bertz CT molecular complexity index is 524. The number of hydrogen-bond donors (Lipinski definition) is 1. The minimum Gasteiger partial charge on any atom is -0.378 e. The highest BCUT2D eigenvalue weighted by molar-refractivity contribution is 5.36. The molecule has 1 saturated heterocycles. The summed E-state index contributed by atoms with van der Waals surface area (Å²) in [4.78, 5) is 0. The quantitative estimate of drug-likeness (QED) is 0.889. The first kappa shape index (κ1) is 11.6. The Morgan fingerprint density at radius 2 is 2.39 bits per heavy atom. The molecule has 1 N–H and O–H groups in total. The third-order valence-corrected chi connectivity index (χ3v) is 3.42. The number of fused-ring (bicyclic) bond motifs is 1. The lowest BCUT2D eigenvalue weighted by atomic mass is 10.0. The van der Waals surface area contributed by atoms with Crippen LogP contribution in [-0.2, 0) is 11.3 Å². The van der Waals surface area contributed by atoms with Gasteiger partial charge in [-0.25, -0.2) is 0 Å². The highest BCUT2D eigenvalue weighted by Crippen LogP contribution is 2.13. The zero-order chi connectivity index (χ0) is 12.4. The first-order valence-electron chi connectivity index (χ1n) is 6.46. The topological polar surface area (TPSA) is 51.5 Å². The lowest BCUT2D eigenvalue weighted by molar-refractivity contribution is 0.0129. The van der Waals surface area contributed by atoms with Gasteiger partial charge >= 0.3 is 0 Å². The molecular weight excluding hydrogens is 228 g/mol. The summed E-state index contributed by atoms with van der Waals surface area (Å²) in [7, 11) is 0. The van der Waals surface area contributed by atoms with E-state index < -0.39 is 0 Å². The maximum Gasteiger partial charge on any atom is 0.160 e. The number of ether oxygens (including phenoxy) is 1. The molecule has 3 heterocycles. The van der Waals surface area contributed by atoms with Crippen molar-refractivity contribution in [2.75, 3.05) is 6.61 Å². The SMILES string of the molecule is CC1CC(NCc2nnc3ccccn23)CCO1. The lowest BCUT2D eigenvalue weighted by Gasteiger charge is -2.27. The minimum absolute atomic E-state index is 0.353. The molecule has 0 radical (unpaired) electrons. The molecule has 5 nitrogen and oxygen atoms in total. The monoisotopic (exact) mass is 246 g/mol. The normalized spacial score (nSPS) is 24.5. The van der Waals surface area contributed by atoms with Gasteiger partial charge in [0.25, 0.3) is 0 Å². The Morgan fingerprint density at radius 1 is 1.44 bits per heavy atom. The van der Waals surface area contributed by atoms with Gasteiger partial charge in [0, 0.05) is 18.8 Å². The molecule has 1 aliphatic rings. The maximum absolute atomic E-state index is 5.54. The molecule has 0 bridgehead atoms. The van der Waals surface area contributed by atoms with Gasteiger partial charge in [-0.3, -0.25) is 4.40 Å². The van der Waals surface area contributed by atoms with Crippen molar-refractivity contribution in [1.29, 1.82) is 0 Å². The van der Waals surface area contributed by atoms with Crippen molar-refractivity contribution in [1.82, 2.24) is 19.9 Å². The second kappa shape index (κ2) is 5.04. The standard InChI is InChI=1S/C13H18N4O/c1-10-8-11(5-7-18-10)14-9-13-16-15-12-4-2-3-6-17(12)13/h2-4,6,10-11,14H,5,7-9H2,1H3. The second-order valence-corrected chi connectivity index (χ2v) is 4.83. The molecular formula is C13H18N4O. The molecule has 2 unspecified atom stereocenters. The summed E-state index contributed by atoms with van der Waals surface area (Å²) >= 11 is 0. The van der Waals surface area contributed by atoms with Crippen LogP contribution in [0.4, 0.5) is 0 Å². The van der Waals surface area contributed by atoms with E-state index in [1.165, 1.54) is 0 Å². The molecule has 1 aliphatic heterocycles. The van der Waals surface area contributed by atoms with E-state index in [0.717, 1.165) is 37.5 Å². The van der Waals surface area contributed by atoms with Crippen molar-refractivity contribution >= 4 is 5.65 Å². The van der Waals surface area contributed by atoms with Crippen LogP contribution in [0.1, 0.15) is 25.6 Å². The summed E-state index contributed by atoms with van der Waals surface area (Å²) in [6.07, 6.45) is 4.49. The third kappa shape index (κ3) is 2.37. The van der Waals surface area contributed by atoms with Gasteiger partial charge in [0.05, 0.1) is 12.6 Å². The number of pyridine rings is 1. The van der Waals surface area contributed by atoms with E-state index in [0.29, 0.717) is 12.1 Å². The van der Waals surface area contributed by atoms with E-state index in [1.807, 2.05) is 28.8 Å². The fourth-order valence-corrected chi connectivity index (χ4v) is 2.43. The van der Waals surface area contributed by atoms with Crippen molar-refractivity contribution in [3.63, 3.8) is 0 Å². The van der Waals surface area contributed by atoms with Crippen LogP contribution in [0.2, 0.25) is 0 Å². The number of nitrogens with zero attached hydrogens (tertiary/aromatic N) is 3. The van der Waals surface area contributed by atoms with Crippen LogP contribution < -0.4 is 5.32 Å². The van der Waals surface area contributed by atoms with Crippen LogP contribution in [0.25, 0.3) is 5.65 Å². The van der Waals surface area contributed by atoms with E-state index in [9.17, 15) is 0 Å². The first-order valence-corrected chi connectivity index (χ1v) is 6.46. The Hall–Kier alpha value is -1.46. The summed E-state index contributed by atoms with van der Waals surface area (Å²) in [5.74, 6) is 0.963. The van der Waals surface area contributed by atoms with Gasteiger partial charge in [-0.1, -0.05) is 6.07 Å². The van der Waals surface area contributed by atoms with Gasteiger partial charge in [0.15, 0.2) is 11.5 Å².